The van der Waals surface area contributed by atoms with Gasteiger partial charge in [0.2, 0.25) is 0 Å². The van der Waals surface area contributed by atoms with E-state index in [1.165, 1.54) is 11.8 Å². The maximum absolute atomic E-state index is 9.87. The molecule has 9 heteroatoms. The van der Waals surface area contributed by atoms with Crippen LogP contribution in [0.2, 0.25) is 0 Å². The number of aliphatic hydroxyl groups excluding tert-OH is 3. The molecule has 0 amide bonds. The molecular weight excluding hydrogens is 256 g/mol. The molecule has 108 valence electrons. The first-order valence-corrected chi connectivity index (χ1v) is 5.88. The van der Waals surface area contributed by atoms with Crippen molar-refractivity contribution in [2.24, 2.45) is 5.73 Å². The van der Waals surface area contributed by atoms with E-state index in [2.05, 4.69) is 10.3 Å². The fourth-order valence-electron chi connectivity index (χ4n) is 1.97. The van der Waals surface area contributed by atoms with Crippen LogP contribution in [0, 0.1) is 0 Å². The van der Waals surface area contributed by atoms with Crippen LogP contribution in [-0.4, -0.2) is 68.1 Å². The van der Waals surface area contributed by atoms with Gasteiger partial charge in [-0.15, -0.1) is 5.10 Å². The monoisotopic (exact) mass is 274 g/mol. The number of methoxy groups -OCH3 is 1. The lowest BCUT2D eigenvalue weighted by molar-refractivity contribution is -0.292. The Bertz CT molecular complexity index is 412. The summed E-state index contributed by atoms with van der Waals surface area (Å²) in [5.74, 6) is 0. The lowest BCUT2D eigenvalue weighted by Gasteiger charge is -2.39. The molecule has 1 saturated heterocycles. The Morgan fingerprint density at radius 2 is 2.11 bits per heavy atom. The molecule has 0 saturated carbocycles. The van der Waals surface area contributed by atoms with Gasteiger partial charge in [-0.25, -0.2) is 4.68 Å². The van der Waals surface area contributed by atoms with Crippen molar-refractivity contribution >= 4 is 0 Å². The number of rotatable bonds is 4. The first-order chi connectivity index (χ1) is 9.06. The Hall–Kier alpha value is -1.10. The molecule has 0 radical (unpaired) electrons. The molecule has 1 aliphatic heterocycles. The van der Waals surface area contributed by atoms with Gasteiger partial charge in [0.25, 0.3) is 0 Å². The van der Waals surface area contributed by atoms with E-state index in [0.717, 1.165) is 0 Å². The lowest BCUT2D eigenvalue weighted by atomic mass is 9.99. The van der Waals surface area contributed by atoms with E-state index in [0.29, 0.717) is 5.69 Å². The van der Waals surface area contributed by atoms with Crippen molar-refractivity contribution in [3.63, 3.8) is 0 Å². The molecule has 1 aromatic heterocycles. The molecule has 2 heterocycles. The Morgan fingerprint density at radius 3 is 2.68 bits per heavy atom. The molecule has 0 spiro atoms. The Balaban J connectivity index is 2.06. The molecule has 5 N–H and O–H groups in total. The Kier molecular flexibility index (Phi) is 4.45. The zero-order valence-corrected chi connectivity index (χ0v) is 10.5. The van der Waals surface area contributed by atoms with Gasteiger partial charge < -0.3 is 30.5 Å². The highest BCUT2D eigenvalue weighted by Crippen LogP contribution is 2.22. The predicted molar refractivity (Wildman–Crippen MR) is 61.6 cm³/mol. The lowest BCUT2D eigenvalue weighted by Crippen LogP contribution is -2.58. The van der Waals surface area contributed by atoms with Crippen LogP contribution in [-0.2, 0) is 22.6 Å². The smallest absolute Gasteiger partial charge is 0.186 e. The van der Waals surface area contributed by atoms with Crippen molar-refractivity contribution in [1.82, 2.24) is 15.0 Å². The van der Waals surface area contributed by atoms with E-state index < -0.39 is 30.7 Å². The molecule has 19 heavy (non-hydrogen) atoms. The fourth-order valence-corrected chi connectivity index (χ4v) is 1.97. The average molecular weight is 274 g/mol. The predicted octanol–water partition coefficient (Wildman–Crippen LogP) is -2.81. The van der Waals surface area contributed by atoms with Crippen LogP contribution in [0.1, 0.15) is 5.69 Å². The van der Waals surface area contributed by atoms with Gasteiger partial charge in [-0.1, -0.05) is 5.21 Å². The molecule has 5 atom stereocenters. The minimum absolute atomic E-state index is 0.164. The normalized spacial score (nSPS) is 35.5. The van der Waals surface area contributed by atoms with Crippen LogP contribution in [0.5, 0.6) is 0 Å². The first-order valence-electron chi connectivity index (χ1n) is 5.88. The van der Waals surface area contributed by atoms with Crippen molar-refractivity contribution in [1.29, 1.82) is 0 Å². The van der Waals surface area contributed by atoms with E-state index in [1.807, 2.05) is 0 Å². The number of ether oxygens (including phenoxy) is 2. The summed E-state index contributed by atoms with van der Waals surface area (Å²) >= 11 is 0. The zero-order chi connectivity index (χ0) is 14.0. The van der Waals surface area contributed by atoms with E-state index in [9.17, 15) is 15.3 Å². The van der Waals surface area contributed by atoms with Gasteiger partial charge >= 0.3 is 0 Å². The third-order valence-corrected chi connectivity index (χ3v) is 3.06. The maximum atomic E-state index is 9.87. The SMILES string of the molecule is COC1OC(Cn2cc(CN)nn2)C(O)C(O)C1O. The first kappa shape index (κ1) is 14.3. The van der Waals surface area contributed by atoms with Crippen LogP contribution in [0.3, 0.4) is 0 Å². The standard InChI is InChI=1S/C10H18N4O5/c1-18-10-9(17)8(16)7(15)6(19-10)4-14-3-5(2-11)12-13-14/h3,6-10,15-17H,2,4,11H2,1H3. The van der Waals surface area contributed by atoms with Crippen molar-refractivity contribution in [3.8, 4) is 0 Å². The van der Waals surface area contributed by atoms with Gasteiger partial charge in [-0.3, -0.25) is 0 Å². The molecule has 5 unspecified atom stereocenters. The summed E-state index contributed by atoms with van der Waals surface area (Å²) in [6.45, 7) is 0.425. The summed E-state index contributed by atoms with van der Waals surface area (Å²) in [5, 5.41) is 36.8. The van der Waals surface area contributed by atoms with Crippen molar-refractivity contribution in [2.45, 2.75) is 43.8 Å². The Labute approximate surface area is 109 Å². The second-order valence-electron chi connectivity index (χ2n) is 4.39. The minimum Gasteiger partial charge on any atom is -0.388 e. The van der Waals surface area contributed by atoms with Crippen LogP contribution in [0.4, 0.5) is 0 Å². The molecule has 1 aromatic rings. The van der Waals surface area contributed by atoms with E-state index in [-0.39, 0.29) is 13.1 Å². The van der Waals surface area contributed by atoms with E-state index >= 15 is 0 Å². The molecule has 1 fully saturated rings. The molecule has 9 nitrogen and oxygen atoms in total. The second-order valence-corrected chi connectivity index (χ2v) is 4.39. The molecule has 0 aliphatic carbocycles. The summed E-state index contributed by atoms with van der Waals surface area (Å²) in [7, 11) is 1.34. The number of aromatic nitrogens is 3. The van der Waals surface area contributed by atoms with Gasteiger partial charge in [0.05, 0.1) is 12.2 Å². The van der Waals surface area contributed by atoms with Crippen molar-refractivity contribution in [2.75, 3.05) is 7.11 Å². The molecule has 0 bridgehead atoms. The second kappa shape index (κ2) is 5.90. The van der Waals surface area contributed by atoms with Crippen LogP contribution in [0.15, 0.2) is 6.20 Å². The van der Waals surface area contributed by atoms with Gasteiger partial charge in [-0.2, -0.15) is 0 Å². The maximum Gasteiger partial charge on any atom is 0.186 e. The van der Waals surface area contributed by atoms with Crippen molar-refractivity contribution in [3.05, 3.63) is 11.9 Å². The minimum atomic E-state index is -1.35. The van der Waals surface area contributed by atoms with Gasteiger partial charge in [0.1, 0.15) is 24.4 Å². The van der Waals surface area contributed by atoms with Gasteiger partial charge in [0, 0.05) is 19.9 Å². The highest BCUT2D eigenvalue weighted by molar-refractivity contribution is 4.93. The molecular formula is C10H18N4O5. The van der Waals surface area contributed by atoms with Crippen LogP contribution < -0.4 is 5.73 Å². The molecule has 0 aromatic carbocycles. The number of aliphatic hydroxyl groups is 3. The topological polar surface area (TPSA) is 136 Å². The van der Waals surface area contributed by atoms with Crippen LogP contribution >= 0.6 is 0 Å². The quantitative estimate of drug-likeness (QED) is 0.462. The third kappa shape index (κ3) is 2.91. The number of hydrogen-bond acceptors (Lipinski definition) is 8. The van der Waals surface area contributed by atoms with E-state index in [4.69, 9.17) is 15.2 Å². The number of hydrogen-bond donors (Lipinski definition) is 4. The Morgan fingerprint density at radius 1 is 1.37 bits per heavy atom. The number of nitrogens with zero attached hydrogens (tertiary/aromatic N) is 3. The molecule has 1 aliphatic rings. The highest BCUT2D eigenvalue weighted by Gasteiger charge is 2.44. The molecule has 2 rings (SSSR count). The van der Waals surface area contributed by atoms with Gasteiger partial charge in [-0.05, 0) is 0 Å². The number of nitrogens with two attached hydrogens (primary N) is 1. The average Bonchev–Trinajstić information content (AvgIpc) is 2.87. The zero-order valence-electron chi connectivity index (χ0n) is 10.5. The third-order valence-electron chi connectivity index (χ3n) is 3.06. The summed E-state index contributed by atoms with van der Waals surface area (Å²) < 4.78 is 11.7. The highest BCUT2D eigenvalue weighted by atomic mass is 16.7. The summed E-state index contributed by atoms with van der Waals surface area (Å²) in [5.41, 5.74) is 6.02. The fraction of sp³-hybridized carbons (Fsp3) is 0.800. The largest absolute Gasteiger partial charge is 0.388 e. The van der Waals surface area contributed by atoms with Crippen LogP contribution in [0.25, 0.3) is 0 Å². The summed E-state index contributed by atoms with van der Waals surface area (Å²) in [6.07, 6.45) is -4.04. The van der Waals surface area contributed by atoms with Gasteiger partial charge in [0.15, 0.2) is 6.29 Å². The summed E-state index contributed by atoms with van der Waals surface area (Å²) in [6, 6.07) is 0. The van der Waals surface area contributed by atoms with E-state index in [1.54, 1.807) is 6.20 Å². The van der Waals surface area contributed by atoms with Crippen molar-refractivity contribution < 1.29 is 24.8 Å². The summed E-state index contributed by atoms with van der Waals surface area (Å²) in [4.78, 5) is 0.